The first-order valence-electron chi connectivity index (χ1n) is 10.3. The molecule has 2 aromatic carbocycles. The molecule has 1 amide bonds. The van der Waals surface area contributed by atoms with Gasteiger partial charge in [0.2, 0.25) is 5.91 Å². The van der Waals surface area contributed by atoms with Crippen LogP contribution in [0.15, 0.2) is 54.6 Å². The lowest BCUT2D eigenvalue weighted by molar-refractivity contribution is -0.137. The Kier molecular flexibility index (Phi) is 5.41. The summed E-state index contributed by atoms with van der Waals surface area (Å²) >= 11 is 0. The smallest absolute Gasteiger partial charge is 0.336 e. The maximum atomic E-state index is 13.1. The number of likely N-dealkylation sites (N-methyl/N-ethyl adjacent to an activating group) is 1. The Morgan fingerprint density at radius 1 is 1.07 bits per heavy atom. The van der Waals surface area contributed by atoms with Crippen LogP contribution in [0.4, 0.5) is 0 Å². The van der Waals surface area contributed by atoms with Crippen LogP contribution in [0.2, 0.25) is 0 Å². The number of likely N-dealkylation sites (tertiary alicyclic amines) is 2. The maximum Gasteiger partial charge on any atom is 0.336 e. The van der Waals surface area contributed by atoms with Gasteiger partial charge in [-0.25, -0.2) is 4.79 Å². The molecule has 152 valence electrons. The van der Waals surface area contributed by atoms with E-state index in [1.54, 1.807) is 12.1 Å². The van der Waals surface area contributed by atoms with Gasteiger partial charge in [-0.2, -0.15) is 0 Å². The summed E-state index contributed by atoms with van der Waals surface area (Å²) in [5, 5.41) is 9.41. The molecule has 0 aromatic heterocycles. The molecule has 2 saturated heterocycles. The number of carboxylic acids is 1. The number of rotatable bonds is 5. The molecule has 2 heterocycles. The number of aromatic carboxylic acids is 1. The van der Waals surface area contributed by atoms with Crippen molar-refractivity contribution in [3.05, 3.63) is 71.3 Å². The Morgan fingerprint density at radius 2 is 1.72 bits per heavy atom. The minimum Gasteiger partial charge on any atom is -0.478 e. The van der Waals surface area contributed by atoms with E-state index in [9.17, 15) is 14.7 Å². The quantitative estimate of drug-likeness (QED) is 0.847. The molecule has 1 spiro atoms. The van der Waals surface area contributed by atoms with E-state index in [4.69, 9.17) is 0 Å². The number of benzene rings is 2. The number of hydrogen-bond acceptors (Lipinski definition) is 3. The zero-order valence-corrected chi connectivity index (χ0v) is 16.9. The van der Waals surface area contributed by atoms with E-state index in [0.29, 0.717) is 12.1 Å². The van der Waals surface area contributed by atoms with E-state index in [1.165, 1.54) is 5.56 Å². The summed E-state index contributed by atoms with van der Waals surface area (Å²) in [4.78, 5) is 28.8. The largest absolute Gasteiger partial charge is 0.478 e. The zero-order valence-electron chi connectivity index (χ0n) is 16.9. The second kappa shape index (κ2) is 7.99. The van der Waals surface area contributed by atoms with Crippen LogP contribution < -0.4 is 0 Å². The molecule has 0 bridgehead atoms. The van der Waals surface area contributed by atoms with Crippen molar-refractivity contribution in [3.8, 4) is 0 Å². The average Bonchev–Trinajstić information content (AvgIpc) is 2.95. The van der Waals surface area contributed by atoms with Crippen LogP contribution in [-0.2, 0) is 17.8 Å². The molecule has 2 fully saturated rings. The Morgan fingerprint density at radius 3 is 2.41 bits per heavy atom. The number of carbonyl (C=O) groups excluding carboxylic acids is 1. The van der Waals surface area contributed by atoms with Gasteiger partial charge in [0, 0.05) is 19.6 Å². The Labute approximate surface area is 171 Å². The maximum absolute atomic E-state index is 13.1. The average molecular weight is 392 g/mol. The first-order valence-corrected chi connectivity index (χ1v) is 10.3. The first kappa shape index (κ1) is 19.6. The lowest BCUT2D eigenvalue weighted by Crippen LogP contribution is -2.44. The highest BCUT2D eigenvalue weighted by atomic mass is 16.4. The molecule has 0 aliphatic carbocycles. The molecule has 2 aromatic rings. The third-order valence-corrected chi connectivity index (χ3v) is 6.72. The second-order valence-electron chi connectivity index (χ2n) is 8.48. The van der Waals surface area contributed by atoms with E-state index in [2.05, 4.69) is 29.2 Å². The van der Waals surface area contributed by atoms with Crippen molar-refractivity contribution >= 4 is 11.9 Å². The second-order valence-corrected chi connectivity index (χ2v) is 8.48. The summed E-state index contributed by atoms with van der Waals surface area (Å²) in [6.07, 6.45) is 3.50. The highest BCUT2D eigenvalue weighted by Crippen LogP contribution is 2.44. The van der Waals surface area contributed by atoms with Gasteiger partial charge in [0.1, 0.15) is 0 Å². The standard InChI is InChI=1S/C24H28N2O3/c1-25-20(15-18-7-3-2-4-8-18)16-24(23(25)29)11-13-26(14-12-24)17-19-9-5-6-10-21(19)22(27)28/h2-10,20H,11-17H2,1H3,(H,27,28)/t20-/m1/s1. The molecular formula is C24H28N2O3. The summed E-state index contributed by atoms with van der Waals surface area (Å²) in [5.74, 6) is -0.602. The molecule has 1 N–H and O–H groups in total. The van der Waals surface area contributed by atoms with Gasteiger partial charge in [-0.05, 0) is 56.0 Å². The zero-order chi connectivity index (χ0) is 20.4. The summed E-state index contributed by atoms with van der Waals surface area (Å²) in [6, 6.07) is 17.8. The topological polar surface area (TPSA) is 60.9 Å². The summed E-state index contributed by atoms with van der Waals surface area (Å²) in [5.41, 5.74) is 2.23. The number of piperidine rings is 1. The van der Waals surface area contributed by atoms with Gasteiger partial charge in [0.15, 0.2) is 0 Å². The predicted octanol–water partition coefficient (Wildman–Crippen LogP) is 3.44. The molecule has 2 aliphatic rings. The van der Waals surface area contributed by atoms with Crippen LogP contribution in [0.3, 0.4) is 0 Å². The van der Waals surface area contributed by atoms with Gasteiger partial charge in [0.05, 0.1) is 11.0 Å². The highest BCUT2D eigenvalue weighted by Gasteiger charge is 2.51. The van der Waals surface area contributed by atoms with E-state index in [0.717, 1.165) is 44.3 Å². The van der Waals surface area contributed by atoms with Gasteiger partial charge < -0.3 is 10.0 Å². The monoisotopic (exact) mass is 392 g/mol. The number of amides is 1. The van der Waals surface area contributed by atoms with Crippen LogP contribution >= 0.6 is 0 Å². The lowest BCUT2D eigenvalue weighted by atomic mass is 9.75. The molecule has 4 rings (SSSR count). The van der Waals surface area contributed by atoms with Crippen molar-refractivity contribution in [2.75, 3.05) is 20.1 Å². The normalized spacial score (nSPS) is 21.6. The Hall–Kier alpha value is -2.66. The van der Waals surface area contributed by atoms with Gasteiger partial charge >= 0.3 is 5.97 Å². The minimum absolute atomic E-state index is 0.253. The molecular weight excluding hydrogens is 364 g/mol. The molecule has 5 heteroatoms. The molecule has 0 unspecified atom stereocenters. The number of nitrogens with zero attached hydrogens (tertiary/aromatic N) is 2. The van der Waals surface area contributed by atoms with Gasteiger partial charge in [-0.1, -0.05) is 48.5 Å². The third kappa shape index (κ3) is 3.92. The molecule has 0 radical (unpaired) electrons. The highest BCUT2D eigenvalue weighted by molar-refractivity contribution is 5.89. The molecule has 1 atom stereocenters. The summed E-state index contributed by atoms with van der Waals surface area (Å²) in [7, 11) is 1.94. The molecule has 2 aliphatic heterocycles. The fourth-order valence-corrected chi connectivity index (χ4v) is 4.98. The van der Waals surface area contributed by atoms with E-state index >= 15 is 0 Å². The number of carboxylic acid groups (broad SMARTS) is 1. The summed E-state index contributed by atoms with van der Waals surface area (Å²) in [6.45, 7) is 2.27. The first-order chi connectivity index (χ1) is 14.0. The van der Waals surface area contributed by atoms with Gasteiger partial charge in [-0.15, -0.1) is 0 Å². The molecule has 0 saturated carbocycles. The SMILES string of the molecule is CN1C(=O)C2(CCN(Cc3ccccc3C(=O)O)CC2)C[C@H]1Cc1ccccc1. The van der Waals surface area contributed by atoms with Crippen LogP contribution in [0.25, 0.3) is 0 Å². The van der Waals surface area contributed by atoms with E-state index < -0.39 is 5.97 Å². The minimum atomic E-state index is -0.884. The van der Waals surface area contributed by atoms with Gasteiger partial charge in [0.25, 0.3) is 0 Å². The van der Waals surface area contributed by atoms with Crippen molar-refractivity contribution in [1.29, 1.82) is 0 Å². The number of carbonyl (C=O) groups is 2. The van der Waals surface area contributed by atoms with Crippen LogP contribution in [0, 0.1) is 5.41 Å². The van der Waals surface area contributed by atoms with E-state index in [1.807, 2.05) is 30.1 Å². The fraction of sp³-hybridized carbons (Fsp3) is 0.417. The van der Waals surface area contributed by atoms with Crippen molar-refractivity contribution < 1.29 is 14.7 Å². The molecule has 5 nitrogen and oxygen atoms in total. The van der Waals surface area contributed by atoms with Gasteiger partial charge in [-0.3, -0.25) is 9.69 Å². The van der Waals surface area contributed by atoms with Crippen molar-refractivity contribution in [2.24, 2.45) is 5.41 Å². The van der Waals surface area contributed by atoms with Crippen molar-refractivity contribution in [1.82, 2.24) is 9.80 Å². The van der Waals surface area contributed by atoms with E-state index in [-0.39, 0.29) is 17.4 Å². The third-order valence-electron chi connectivity index (χ3n) is 6.72. The predicted molar refractivity (Wildman–Crippen MR) is 112 cm³/mol. The molecule has 29 heavy (non-hydrogen) atoms. The van der Waals surface area contributed by atoms with Crippen LogP contribution in [-0.4, -0.2) is 53.0 Å². The Balaban J connectivity index is 1.41. The fourth-order valence-electron chi connectivity index (χ4n) is 4.98. The Bertz CT molecular complexity index is 888. The van der Waals surface area contributed by atoms with Crippen molar-refractivity contribution in [3.63, 3.8) is 0 Å². The van der Waals surface area contributed by atoms with Crippen molar-refractivity contribution in [2.45, 2.75) is 38.3 Å². The van der Waals surface area contributed by atoms with Crippen LogP contribution in [0.1, 0.15) is 40.7 Å². The lowest BCUT2D eigenvalue weighted by Gasteiger charge is -2.38. The van der Waals surface area contributed by atoms with Crippen LogP contribution in [0.5, 0.6) is 0 Å². The number of hydrogen-bond donors (Lipinski definition) is 1. The summed E-state index contributed by atoms with van der Waals surface area (Å²) < 4.78 is 0.